The van der Waals surface area contributed by atoms with Crippen molar-refractivity contribution in [3.8, 4) is 16.9 Å². The lowest BCUT2D eigenvalue weighted by Crippen LogP contribution is -2.41. The van der Waals surface area contributed by atoms with Crippen molar-refractivity contribution in [1.82, 2.24) is 15.0 Å². The average Bonchev–Trinajstić information content (AvgIpc) is 2.87. The molecule has 0 radical (unpaired) electrons. The van der Waals surface area contributed by atoms with Gasteiger partial charge in [-0.1, -0.05) is 12.1 Å². The van der Waals surface area contributed by atoms with E-state index >= 15 is 4.39 Å². The number of aryl methyl sites for hydroxylation is 1. The summed E-state index contributed by atoms with van der Waals surface area (Å²) < 4.78 is 55.8. The molecule has 8 nitrogen and oxygen atoms in total. The highest BCUT2D eigenvalue weighted by atomic mass is 19.3. The van der Waals surface area contributed by atoms with E-state index in [1.807, 2.05) is 12.1 Å². The van der Waals surface area contributed by atoms with Crippen molar-refractivity contribution in [1.29, 1.82) is 0 Å². The van der Waals surface area contributed by atoms with Crippen LogP contribution in [0.5, 0.6) is 5.75 Å². The lowest BCUT2D eigenvalue weighted by molar-refractivity contribution is -0.170. The van der Waals surface area contributed by atoms with Gasteiger partial charge in [0.25, 0.3) is 0 Å². The number of pyridine rings is 1. The fraction of sp³-hybridized carbons (Fsp3) is 0.321. The monoisotopic (exact) mass is 541 g/mol. The van der Waals surface area contributed by atoms with E-state index in [-0.39, 0.29) is 18.7 Å². The van der Waals surface area contributed by atoms with Crippen molar-refractivity contribution >= 4 is 22.5 Å². The number of hydrogen-bond donors (Lipinski definition) is 3. The number of nitrogens with zero attached hydrogens (tertiary/aromatic N) is 3. The maximum absolute atomic E-state index is 15.2. The molecule has 39 heavy (non-hydrogen) atoms. The summed E-state index contributed by atoms with van der Waals surface area (Å²) in [5, 5.41) is 13.6. The van der Waals surface area contributed by atoms with Crippen molar-refractivity contribution in [3.63, 3.8) is 0 Å². The van der Waals surface area contributed by atoms with E-state index in [2.05, 4.69) is 20.3 Å². The lowest BCUT2D eigenvalue weighted by atomic mass is 9.92. The molecular formula is C28H30F3N5O3. The molecule has 2 aromatic heterocycles. The third kappa shape index (κ3) is 5.89. The van der Waals surface area contributed by atoms with E-state index in [1.54, 1.807) is 32.4 Å². The summed E-state index contributed by atoms with van der Waals surface area (Å²) in [6, 6.07) is 10.8. The molecule has 0 saturated carbocycles. The number of alkyl halides is 2. The Bertz CT molecular complexity index is 1470. The molecule has 0 bridgehead atoms. The second-order valence-electron chi connectivity index (χ2n) is 9.56. The van der Waals surface area contributed by atoms with Gasteiger partial charge in [0.2, 0.25) is 0 Å². The zero-order valence-corrected chi connectivity index (χ0v) is 22.1. The van der Waals surface area contributed by atoms with Gasteiger partial charge in [0, 0.05) is 41.9 Å². The fourth-order valence-corrected chi connectivity index (χ4v) is 4.02. The predicted octanol–water partition coefficient (Wildman–Crippen LogP) is 5.22. The van der Waals surface area contributed by atoms with Gasteiger partial charge in [-0.2, -0.15) is 8.78 Å². The molecule has 0 spiro atoms. The van der Waals surface area contributed by atoms with Crippen LogP contribution in [0.2, 0.25) is 0 Å². The number of ether oxygens (including phenoxy) is 2. The zero-order valence-electron chi connectivity index (χ0n) is 22.1. The molecule has 4 aromatic rings. The van der Waals surface area contributed by atoms with E-state index in [1.165, 1.54) is 12.1 Å². The molecule has 2 aromatic carbocycles. The second kappa shape index (κ2) is 11.0. The highest BCUT2D eigenvalue weighted by Crippen LogP contribution is 2.41. The number of methoxy groups -OCH3 is 1. The van der Waals surface area contributed by atoms with Crippen LogP contribution in [0.25, 0.3) is 22.0 Å². The Balaban J connectivity index is 1.74. The maximum atomic E-state index is 15.2. The second-order valence-corrected chi connectivity index (χ2v) is 9.56. The highest BCUT2D eigenvalue weighted by molar-refractivity contribution is 5.94. The molecule has 0 aliphatic heterocycles. The smallest absolute Gasteiger partial charge is 0.303 e. The summed E-state index contributed by atoms with van der Waals surface area (Å²) in [6.07, 6.45) is 1.63. The Morgan fingerprint density at radius 3 is 2.51 bits per heavy atom. The molecule has 0 unspecified atom stereocenters. The third-order valence-corrected chi connectivity index (χ3v) is 6.18. The van der Waals surface area contributed by atoms with Crippen LogP contribution in [0.15, 0.2) is 48.7 Å². The molecular weight excluding hydrogens is 511 g/mol. The van der Waals surface area contributed by atoms with Crippen LogP contribution < -0.4 is 15.8 Å². The van der Waals surface area contributed by atoms with Crippen LogP contribution in [0.3, 0.4) is 0 Å². The maximum Gasteiger partial charge on any atom is 0.303 e. The quantitative estimate of drug-likeness (QED) is 0.234. The number of nitrogens with one attached hydrogen (secondary N) is 1. The number of fused-ring (bicyclic) bond motifs is 1. The van der Waals surface area contributed by atoms with Gasteiger partial charge in [0.15, 0.2) is 0 Å². The summed E-state index contributed by atoms with van der Waals surface area (Å²) in [6.45, 7) is 4.08. The first kappa shape index (κ1) is 28.1. The van der Waals surface area contributed by atoms with Crippen LogP contribution in [0.4, 0.5) is 24.8 Å². The third-order valence-electron chi connectivity index (χ3n) is 6.18. The van der Waals surface area contributed by atoms with Crippen LogP contribution in [-0.2, 0) is 17.2 Å². The Kier molecular flexibility index (Phi) is 7.94. The van der Waals surface area contributed by atoms with Crippen molar-refractivity contribution in [2.45, 2.75) is 38.8 Å². The molecule has 11 heteroatoms. The lowest BCUT2D eigenvalue weighted by Gasteiger charge is -2.30. The summed E-state index contributed by atoms with van der Waals surface area (Å²) in [5.74, 6) is -3.19. The molecule has 2 heterocycles. The topological polar surface area (TPSA) is 115 Å². The van der Waals surface area contributed by atoms with Gasteiger partial charge in [0.1, 0.15) is 41.2 Å². The Morgan fingerprint density at radius 1 is 1.08 bits per heavy atom. The SMILES string of the molecule is COCCOc1cc2c(NCc3cccc(C(F)(F)C(C)(C)O)c3F)nc(C)nc2cc1-c1ccc(N)nc1. The van der Waals surface area contributed by atoms with Crippen molar-refractivity contribution < 1.29 is 27.8 Å². The molecule has 4 rings (SSSR count). The largest absolute Gasteiger partial charge is 0.491 e. The molecule has 0 fully saturated rings. The summed E-state index contributed by atoms with van der Waals surface area (Å²) in [4.78, 5) is 13.2. The normalized spacial score (nSPS) is 12.1. The van der Waals surface area contributed by atoms with Gasteiger partial charge in [0.05, 0.1) is 17.7 Å². The van der Waals surface area contributed by atoms with E-state index in [9.17, 15) is 13.9 Å². The minimum atomic E-state index is -3.80. The Hall–Kier alpha value is -3.96. The number of aromatic nitrogens is 3. The van der Waals surface area contributed by atoms with Crippen LogP contribution in [0.1, 0.15) is 30.8 Å². The van der Waals surface area contributed by atoms with E-state index in [0.29, 0.717) is 40.7 Å². The number of hydrogen-bond acceptors (Lipinski definition) is 8. The predicted molar refractivity (Wildman–Crippen MR) is 143 cm³/mol. The first-order valence-electron chi connectivity index (χ1n) is 12.2. The molecule has 0 amide bonds. The van der Waals surface area contributed by atoms with Crippen molar-refractivity contribution in [3.05, 3.63) is 71.4 Å². The molecule has 4 N–H and O–H groups in total. The van der Waals surface area contributed by atoms with E-state index in [0.717, 1.165) is 31.0 Å². The van der Waals surface area contributed by atoms with E-state index < -0.39 is 22.9 Å². The molecule has 206 valence electrons. The van der Waals surface area contributed by atoms with Gasteiger partial charge >= 0.3 is 5.92 Å². The number of halogens is 3. The summed E-state index contributed by atoms with van der Waals surface area (Å²) in [7, 11) is 1.57. The van der Waals surface area contributed by atoms with E-state index in [4.69, 9.17) is 15.2 Å². The Labute approximate surface area is 224 Å². The highest BCUT2D eigenvalue weighted by Gasteiger charge is 2.49. The molecule has 0 aliphatic carbocycles. The number of nitrogens with two attached hydrogens (primary N) is 1. The number of nitrogen functional groups attached to an aromatic ring is 1. The van der Waals surface area contributed by atoms with Gasteiger partial charge in [-0.05, 0) is 51.1 Å². The van der Waals surface area contributed by atoms with Gasteiger partial charge < -0.3 is 25.6 Å². The number of benzene rings is 2. The minimum absolute atomic E-state index is 0.0121. The molecule has 0 saturated heterocycles. The van der Waals surface area contributed by atoms with Gasteiger partial charge in [-0.15, -0.1) is 0 Å². The zero-order chi connectivity index (χ0) is 28.4. The van der Waals surface area contributed by atoms with Crippen molar-refractivity contribution in [2.24, 2.45) is 0 Å². The number of aliphatic hydroxyl groups is 1. The van der Waals surface area contributed by atoms with Gasteiger partial charge in [-0.3, -0.25) is 0 Å². The average molecular weight is 542 g/mol. The van der Waals surface area contributed by atoms with Gasteiger partial charge in [-0.25, -0.2) is 19.3 Å². The Morgan fingerprint density at radius 2 is 1.85 bits per heavy atom. The fourth-order valence-electron chi connectivity index (χ4n) is 4.02. The molecule has 0 atom stereocenters. The van der Waals surface area contributed by atoms with Crippen LogP contribution >= 0.6 is 0 Å². The number of rotatable bonds is 10. The first-order chi connectivity index (χ1) is 18.4. The standard InChI is InChI=1S/C28H30F3N5O3/c1-16-35-22-12-19(17-8-9-24(32)33-14-17)23(39-11-10-38-4)13-20(22)26(36-16)34-15-18-6-5-7-21(25(18)29)28(30,31)27(2,3)37/h5-9,12-14,37H,10-11,15H2,1-4H3,(H2,32,33)(H,34,35,36). The molecule has 0 aliphatic rings. The minimum Gasteiger partial charge on any atom is -0.491 e. The first-order valence-corrected chi connectivity index (χ1v) is 12.2. The summed E-state index contributed by atoms with van der Waals surface area (Å²) >= 11 is 0. The number of anilines is 2. The van der Waals surface area contributed by atoms with Crippen LogP contribution in [-0.4, -0.2) is 46.0 Å². The van der Waals surface area contributed by atoms with Crippen LogP contribution in [0, 0.1) is 12.7 Å². The summed E-state index contributed by atoms with van der Waals surface area (Å²) in [5.41, 5.74) is 4.48. The van der Waals surface area contributed by atoms with Crippen molar-refractivity contribution in [2.75, 3.05) is 31.4 Å².